The third-order valence-electron chi connectivity index (χ3n) is 3.50. The van der Waals surface area contributed by atoms with Crippen LogP contribution in [0.4, 0.5) is 0 Å². The molecule has 0 bridgehead atoms. The molecule has 3 heteroatoms. The van der Waals surface area contributed by atoms with Crippen LogP contribution in [0.25, 0.3) is 0 Å². The van der Waals surface area contributed by atoms with Crippen molar-refractivity contribution in [2.45, 2.75) is 18.8 Å². The van der Waals surface area contributed by atoms with Crippen molar-refractivity contribution < 1.29 is 9.47 Å². The Hall–Kier alpha value is -1.16. The number of benzene rings is 1. The largest absolute Gasteiger partial charge is 0.352 e. The molecule has 1 atom stereocenters. The van der Waals surface area contributed by atoms with E-state index in [2.05, 4.69) is 49.8 Å². The van der Waals surface area contributed by atoms with Gasteiger partial charge in [0.1, 0.15) is 0 Å². The topological polar surface area (TPSA) is 21.7 Å². The molecule has 1 saturated heterocycles. The SMILES string of the molecule is C=CCC1OCC(C(c2ccccc2)N(C)C)CO1. The zero-order chi connectivity index (χ0) is 13.7. The van der Waals surface area contributed by atoms with Gasteiger partial charge in [0.15, 0.2) is 6.29 Å². The van der Waals surface area contributed by atoms with E-state index in [0.717, 1.165) is 19.6 Å². The van der Waals surface area contributed by atoms with E-state index in [9.17, 15) is 0 Å². The van der Waals surface area contributed by atoms with E-state index in [0.29, 0.717) is 12.0 Å². The van der Waals surface area contributed by atoms with Crippen molar-refractivity contribution in [2.24, 2.45) is 5.92 Å². The van der Waals surface area contributed by atoms with Crippen molar-refractivity contribution in [3.63, 3.8) is 0 Å². The molecular formula is C16H23NO2. The first kappa shape index (κ1) is 14.3. The van der Waals surface area contributed by atoms with Gasteiger partial charge >= 0.3 is 0 Å². The van der Waals surface area contributed by atoms with Gasteiger partial charge in [0.25, 0.3) is 0 Å². The highest BCUT2D eigenvalue weighted by molar-refractivity contribution is 5.20. The molecule has 0 spiro atoms. The maximum atomic E-state index is 5.76. The van der Waals surface area contributed by atoms with Crippen molar-refractivity contribution in [1.29, 1.82) is 0 Å². The molecule has 1 unspecified atom stereocenters. The summed E-state index contributed by atoms with van der Waals surface area (Å²) in [5.41, 5.74) is 1.31. The summed E-state index contributed by atoms with van der Waals surface area (Å²) in [6.45, 7) is 5.18. The lowest BCUT2D eigenvalue weighted by molar-refractivity contribution is -0.206. The summed E-state index contributed by atoms with van der Waals surface area (Å²) in [4.78, 5) is 2.24. The smallest absolute Gasteiger partial charge is 0.160 e. The van der Waals surface area contributed by atoms with Gasteiger partial charge in [0.05, 0.1) is 13.2 Å². The zero-order valence-corrected chi connectivity index (χ0v) is 11.8. The molecule has 1 fully saturated rings. The van der Waals surface area contributed by atoms with Crippen molar-refractivity contribution in [2.75, 3.05) is 27.3 Å². The normalized spacial score (nSPS) is 25.2. The van der Waals surface area contributed by atoms with Gasteiger partial charge in [-0.1, -0.05) is 36.4 Å². The molecule has 0 saturated carbocycles. The number of hydrogen-bond acceptors (Lipinski definition) is 3. The van der Waals surface area contributed by atoms with E-state index in [1.807, 2.05) is 12.1 Å². The van der Waals surface area contributed by atoms with E-state index >= 15 is 0 Å². The van der Waals surface area contributed by atoms with Crippen LogP contribution in [0.15, 0.2) is 43.0 Å². The molecule has 1 heterocycles. The molecule has 1 aliphatic rings. The minimum Gasteiger partial charge on any atom is -0.352 e. The number of ether oxygens (including phenoxy) is 2. The summed E-state index contributed by atoms with van der Waals surface area (Å²) < 4.78 is 11.5. The highest BCUT2D eigenvalue weighted by Crippen LogP contribution is 2.30. The predicted molar refractivity (Wildman–Crippen MR) is 76.9 cm³/mol. The summed E-state index contributed by atoms with van der Waals surface area (Å²) >= 11 is 0. The predicted octanol–water partition coefficient (Wildman–Crippen LogP) is 2.85. The van der Waals surface area contributed by atoms with E-state index in [1.165, 1.54) is 5.56 Å². The fourth-order valence-electron chi connectivity index (χ4n) is 2.65. The fraction of sp³-hybridized carbons (Fsp3) is 0.500. The first-order valence-corrected chi connectivity index (χ1v) is 6.78. The van der Waals surface area contributed by atoms with Gasteiger partial charge in [-0.3, -0.25) is 0 Å². The average Bonchev–Trinajstić information content (AvgIpc) is 2.42. The molecule has 0 aromatic heterocycles. The van der Waals surface area contributed by atoms with Crippen LogP contribution in [0.2, 0.25) is 0 Å². The fourth-order valence-corrected chi connectivity index (χ4v) is 2.65. The Morgan fingerprint density at radius 1 is 1.26 bits per heavy atom. The summed E-state index contributed by atoms with van der Waals surface area (Å²) in [5.74, 6) is 0.360. The van der Waals surface area contributed by atoms with Crippen LogP contribution < -0.4 is 0 Å². The van der Waals surface area contributed by atoms with Crippen molar-refractivity contribution in [3.8, 4) is 0 Å². The van der Waals surface area contributed by atoms with Crippen LogP contribution in [0.1, 0.15) is 18.0 Å². The monoisotopic (exact) mass is 261 g/mol. The first-order chi connectivity index (χ1) is 9.22. The van der Waals surface area contributed by atoms with Crippen LogP contribution in [0.3, 0.4) is 0 Å². The standard InChI is InChI=1S/C16H23NO2/c1-4-8-15-18-11-14(12-19-15)16(17(2)3)13-9-6-5-7-10-13/h4-7,9-10,14-16H,1,8,11-12H2,2-3H3. The molecule has 0 radical (unpaired) electrons. The lowest BCUT2D eigenvalue weighted by atomic mass is 9.92. The Kier molecular flexibility index (Phi) is 5.14. The van der Waals surface area contributed by atoms with Crippen molar-refractivity contribution >= 4 is 0 Å². The number of nitrogens with zero attached hydrogens (tertiary/aromatic N) is 1. The van der Waals surface area contributed by atoms with E-state index in [-0.39, 0.29) is 6.29 Å². The quantitative estimate of drug-likeness (QED) is 0.761. The Bertz CT molecular complexity index is 383. The van der Waals surface area contributed by atoms with Crippen molar-refractivity contribution in [3.05, 3.63) is 48.6 Å². The maximum absolute atomic E-state index is 5.76. The van der Waals surface area contributed by atoms with E-state index in [4.69, 9.17) is 9.47 Å². The molecule has 1 aliphatic heterocycles. The van der Waals surface area contributed by atoms with Crippen molar-refractivity contribution in [1.82, 2.24) is 4.90 Å². The third kappa shape index (κ3) is 3.66. The minimum atomic E-state index is -0.118. The van der Waals surface area contributed by atoms with Gasteiger partial charge in [-0.15, -0.1) is 6.58 Å². The van der Waals surface area contributed by atoms with E-state index in [1.54, 1.807) is 0 Å². The Morgan fingerprint density at radius 2 is 1.89 bits per heavy atom. The Labute approximate surface area is 115 Å². The van der Waals surface area contributed by atoms with Gasteiger partial charge in [0, 0.05) is 18.4 Å². The molecule has 2 rings (SSSR count). The molecule has 0 N–H and O–H groups in total. The second kappa shape index (κ2) is 6.85. The molecule has 19 heavy (non-hydrogen) atoms. The highest BCUT2D eigenvalue weighted by atomic mass is 16.7. The van der Waals surface area contributed by atoms with Gasteiger partial charge in [-0.25, -0.2) is 0 Å². The first-order valence-electron chi connectivity index (χ1n) is 6.78. The van der Waals surface area contributed by atoms with Gasteiger partial charge in [-0.2, -0.15) is 0 Å². The molecule has 104 valence electrons. The molecule has 0 amide bonds. The van der Waals surface area contributed by atoms with Crippen LogP contribution >= 0.6 is 0 Å². The second-order valence-electron chi connectivity index (χ2n) is 5.20. The summed E-state index contributed by atoms with van der Waals surface area (Å²) in [6.07, 6.45) is 2.48. The Balaban J connectivity index is 2.04. The summed E-state index contributed by atoms with van der Waals surface area (Å²) in [7, 11) is 4.21. The second-order valence-corrected chi connectivity index (χ2v) is 5.20. The summed E-state index contributed by atoms with van der Waals surface area (Å²) in [6, 6.07) is 10.9. The zero-order valence-electron chi connectivity index (χ0n) is 11.8. The third-order valence-corrected chi connectivity index (χ3v) is 3.50. The van der Waals surface area contributed by atoms with Crippen LogP contribution in [-0.4, -0.2) is 38.5 Å². The lowest BCUT2D eigenvalue weighted by Gasteiger charge is -2.37. The van der Waals surface area contributed by atoms with Gasteiger partial charge < -0.3 is 14.4 Å². The minimum absolute atomic E-state index is 0.118. The highest BCUT2D eigenvalue weighted by Gasteiger charge is 2.30. The maximum Gasteiger partial charge on any atom is 0.160 e. The summed E-state index contributed by atoms with van der Waals surface area (Å²) in [5, 5.41) is 0. The lowest BCUT2D eigenvalue weighted by Crippen LogP contribution is -2.39. The molecule has 3 nitrogen and oxygen atoms in total. The van der Waals surface area contributed by atoms with E-state index < -0.39 is 0 Å². The Morgan fingerprint density at radius 3 is 2.42 bits per heavy atom. The average molecular weight is 261 g/mol. The molecule has 1 aromatic rings. The number of hydrogen-bond donors (Lipinski definition) is 0. The molecular weight excluding hydrogens is 238 g/mol. The van der Waals surface area contributed by atoms with Gasteiger partial charge in [-0.05, 0) is 19.7 Å². The molecule has 1 aromatic carbocycles. The van der Waals surface area contributed by atoms with Crippen LogP contribution in [-0.2, 0) is 9.47 Å². The van der Waals surface area contributed by atoms with Crippen LogP contribution in [0.5, 0.6) is 0 Å². The van der Waals surface area contributed by atoms with Gasteiger partial charge in [0.2, 0.25) is 0 Å². The van der Waals surface area contributed by atoms with Crippen LogP contribution in [0, 0.1) is 5.92 Å². The number of rotatable bonds is 5. The molecule has 0 aliphatic carbocycles.